The molecule has 2 aliphatic heterocycles. The summed E-state index contributed by atoms with van der Waals surface area (Å²) < 4.78 is 14.0. The number of benzene rings is 1. The fourth-order valence-electron chi connectivity index (χ4n) is 5.67. The van der Waals surface area contributed by atoms with Gasteiger partial charge in [-0.25, -0.2) is 0 Å². The van der Waals surface area contributed by atoms with E-state index in [4.69, 9.17) is 9.47 Å². The molecule has 2 nitrogen and oxygen atoms in total. The number of rotatable bonds is 5. The van der Waals surface area contributed by atoms with E-state index < -0.39 is 0 Å². The standard InChI is InChI=1S/C26H35IO2/c1-5-7-21(26-17(3)22-14-16(2)9-11-24(22)29-26)19-10-12-25-23(15-19)20(8-6-13-27)18(4)28-25/h5,7,10,12,15-18,20,22,24H,6,8-9,11,13-14H2,1-4H3/b7-5-,26-21-/t16-,17?,18-,20?,22?,24?/m0/s1. The van der Waals surface area contributed by atoms with E-state index in [-0.39, 0.29) is 6.10 Å². The Morgan fingerprint density at radius 1 is 1.17 bits per heavy atom. The highest BCUT2D eigenvalue weighted by Crippen LogP contribution is 2.48. The number of ether oxygens (including phenoxy) is 2. The number of fused-ring (bicyclic) bond motifs is 2. The molecule has 0 aromatic heterocycles. The molecule has 2 fully saturated rings. The molecule has 29 heavy (non-hydrogen) atoms. The van der Waals surface area contributed by atoms with E-state index in [2.05, 4.69) is 80.6 Å². The van der Waals surface area contributed by atoms with Gasteiger partial charge in [0, 0.05) is 28.9 Å². The molecule has 1 saturated carbocycles. The number of hydrogen-bond acceptors (Lipinski definition) is 2. The molecule has 4 rings (SSSR count). The van der Waals surface area contributed by atoms with Crippen LogP contribution in [0.2, 0.25) is 0 Å². The monoisotopic (exact) mass is 506 g/mol. The smallest absolute Gasteiger partial charge is 0.123 e. The summed E-state index contributed by atoms with van der Waals surface area (Å²) in [5, 5.41) is 0. The van der Waals surface area contributed by atoms with Crippen molar-refractivity contribution in [2.45, 2.75) is 77.9 Å². The summed E-state index contributed by atoms with van der Waals surface area (Å²) in [5.74, 6) is 4.77. The van der Waals surface area contributed by atoms with E-state index in [1.807, 2.05) is 0 Å². The van der Waals surface area contributed by atoms with Crippen molar-refractivity contribution in [3.63, 3.8) is 0 Å². The van der Waals surface area contributed by atoms with Crippen LogP contribution in [0.25, 0.3) is 5.57 Å². The number of alkyl halides is 1. The zero-order valence-corrected chi connectivity index (χ0v) is 20.4. The highest BCUT2D eigenvalue weighted by Gasteiger charge is 2.43. The molecular formula is C26H35IO2. The third-order valence-corrected chi connectivity index (χ3v) is 8.04. The van der Waals surface area contributed by atoms with E-state index >= 15 is 0 Å². The average Bonchev–Trinajstić information content (AvgIpc) is 3.20. The van der Waals surface area contributed by atoms with E-state index in [0.29, 0.717) is 23.9 Å². The van der Waals surface area contributed by atoms with Gasteiger partial charge in [0.2, 0.25) is 0 Å². The predicted octanol–water partition coefficient (Wildman–Crippen LogP) is 7.52. The molecular weight excluding hydrogens is 471 g/mol. The highest BCUT2D eigenvalue weighted by atomic mass is 127. The van der Waals surface area contributed by atoms with Crippen LogP contribution in [0.4, 0.5) is 0 Å². The van der Waals surface area contributed by atoms with Crippen molar-refractivity contribution in [1.29, 1.82) is 0 Å². The first kappa shape index (κ1) is 21.3. The average molecular weight is 506 g/mol. The van der Waals surface area contributed by atoms with Gasteiger partial charge >= 0.3 is 0 Å². The Morgan fingerprint density at radius 2 is 2.00 bits per heavy atom. The fourth-order valence-corrected chi connectivity index (χ4v) is 6.11. The van der Waals surface area contributed by atoms with Gasteiger partial charge < -0.3 is 9.47 Å². The summed E-state index contributed by atoms with van der Waals surface area (Å²) in [5.41, 5.74) is 3.95. The van der Waals surface area contributed by atoms with Gasteiger partial charge in [-0.15, -0.1) is 0 Å². The van der Waals surface area contributed by atoms with Gasteiger partial charge in [0.25, 0.3) is 0 Å². The molecule has 1 aliphatic carbocycles. The minimum absolute atomic E-state index is 0.270. The van der Waals surface area contributed by atoms with Gasteiger partial charge in [0.15, 0.2) is 0 Å². The second-order valence-corrected chi connectivity index (χ2v) is 10.4. The maximum Gasteiger partial charge on any atom is 0.123 e. The number of halogens is 1. The molecule has 3 heteroatoms. The van der Waals surface area contributed by atoms with Gasteiger partial charge in [-0.1, -0.05) is 54.7 Å². The molecule has 0 N–H and O–H groups in total. The first-order valence-corrected chi connectivity index (χ1v) is 13.0. The number of allylic oxidation sites excluding steroid dienone is 4. The maximum atomic E-state index is 6.62. The van der Waals surface area contributed by atoms with Crippen molar-refractivity contribution in [2.75, 3.05) is 4.43 Å². The van der Waals surface area contributed by atoms with Crippen LogP contribution >= 0.6 is 22.6 Å². The second kappa shape index (κ2) is 9.03. The van der Waals surface area contributed by atoms with E-state index in [9.17, 15) is 0 Å². The lowest BCUT2D eigenvalue weighted by atomic mass is 9.75. The van der Waals surface area contributed by atoms with E-state index in [1.54, 1.807) is 0 Å². The van der Waals surface area contributed by atoms with Crippen molar-refractivity contribution < 1.29 is 9.47 Å². The summed E-state index contributed by atoms with van der Waals surface area (Å²) >= 11 is 2.48. The lowest BCUT2D eigenvalue weighted by Crippen LogP contribution is -2.27. The molecule has 0 radical (unpaired) electrons. The van der Waals surface area contributed by atoms with Crippen LogP contribution in [-0.2, 0) is 4.74 Å². The molecule has 0 amide bonds. The van der Waals surface area contributed by atoms with Gasteiger partial charge in [-0.2, -0.15) is 0 Å². The quantitative estimate of drug-likeness (QED) is 0.304. The van der Waals surface area contributed by atoms with E-state index in [1.165, 1.54) is 59.0 Å². The van der Waals surface area contributed by atoms with Gasteiger partial charge in [-0.05, 0) is 74.0 Å². The molecule has 0 bridgehead atoms. The summed E-state index contributed by atoms with van der Waals surface area (Å²) in [6.45, 7) is 9.10. The molecule has 2 heterocycles. The Hall–Kier alpha value is -0.970. The normalized spacial score (nSPS) is 35.2. The van der Waals surface area contributed by atoms with Crippen LogP contribution in [0, 0.1) is 17.8 Å². The van der Waals surface area contributed by atoms with Crippen LogP contribution in [0.1, 0.15) is 76.8 Å². The fraction of sp³-hybridized carbons (Fsp3) is 0.615. The largest absolute Gasteiger partial charge is 0.494 e. The highest BCUT2D eigenvalue weighted by molar-refractivity contribution is 14.1. The summed E-state index contributed by atoms with van der Waals surface area (Å²) in [7, 11) is 0. The SMILES string of the molecule is C/C=C\C(=C1\OC2CC[C@H](C)CC2C1C)c1ccc2c(c1)C(CCCI)[C@H](C)O2. The van der Waals surface area contributed by atoms with Crippen molar-refractivity contribution in [3.05, 3.63) is 47.2 Å². The first-order valence-electron chi connectivity index (χ1n) is 11.4. The topological polar surface area (TPSA) is 18.5 Å². The lowest BCUT2D eigenvalue weighted by molar-refractivity contribution is 0.0796. The second-order valence-electron chi connectivity index (χ2n) is 9.32. The Labute approximate surface area is 190 Å². The minimum atomic E-state index is 0.270. The first-order chi connectivity index (χ1) is 14.0. The molecule has 3 aliphatic rings. The molecule has 4 unspecified atom stereocenters. The lowest BCUT2D eigenvalue weighted by Gasteiger charge is -2.29. The zero-order chi connectivity index (χ0) is 20.5. The Balaban J connectivity index is 1.70. The Bertz CT molecular complexity index is 796. The van der Waals surface area contributed by atoms with Crippen molar-refractivity contribution >= 4 is 28.2 Å². The van der Waals surface area contributed by atoms with Gasteiger partial charge in [0.1, 0.15) is 23.7 Å². The van der Waals surface area contributed by atoms with Gasteiger partial charge in [-0.3, -0.25) is 0 Å². The van der Waals surface area contributed by atoms with Crippen molar-refractivity contribution in [1.82, 2.24) is 0 Å². The van der Waals surface area contributed by atoms with Crippen LogP contribution in [-0.4, -0.2) is 16.6 Å². The van der Waals surface area contributed by atoms with Crippen LogP contribution in [0.5, 0.6) is 5.75 Å². The zero-order valence-electron chi connectivity index (χ0n) is 18.3. The molecule has 1 aromatic carbocycles. The number of hydrogen-bond donors (Lipinski definition) is 0. The maximum absolute atomic E-state index is 6.62. The third-order valence-electron chi connectivity index (χ3n) is 7.28. The Kier molecular flexibility index (Phi) is 6.62. The van der Waals surface area contributed by atoms with Crippen LogP contribution in [0.3, 0.4) is 0 Å². The predicted molar refractivity (Wildman–Crippen MR) is 130 cm³/mol. The van der Waals surface area contributed by atoms with Crippen LogP contribution in [0.15, 0.2) is 36.1 Å². The van der Waals surface area contributed by atoms with Crippen molar-refractivity contribution in [2.24, 2.45) is 17.8 Å². The Morgan fingerprint density at radius 3 is 2.76 bits per heavy atom. The summed E-state index contributed by atoms with van der Waals surface area (Å²) in [4.78, 5) is 0. The van der Waals surface area contributed by atoms with E-state index in [0.717, 1.165) is 11.7 Å². The summed E-state index contributed by atoms with van der Waals surface area (Å²) in [6, 6.07) is 6.80. The molecule has 1 aromatic rings. The molecule has 0 spiro atoms. The molecule has 158 valence electrons. The molecule has 6 atom stereocenters. The molecule has 1 saturated heterocycles. The minimum Gasteiger partial charge on any atom is -0.494 e. The third kappa shape index (κ3) is 4.13. The summed E-state index contributed by atoms with van der Waals surface area (Å²) in [6.07, 6.45) is 11.3. The van der Waals surface area contributed by atoms with Crippen LogP contribution < -0.4 is 4.74 Å². The van der Waals surface area contributed by atoms with Gasteiger partial charge in [0.05, 0.1) is 0 Å². The van der Waals surface area contributed by atoms with Crippen molar-refractivity contribution in [3.8, 4) is 5.75 Å².